The van der Waals surface area contributed by atoms with Crippen molar-refractivity contribution >= 4 is 46.4 Å². The average molecular weight is 365 g/mol. The minimum atomic E-state index is -0.342. The molecule has 0 fully saturated rings. The third kappa shape index (κ3) is 5.25. The summed E-state index contributed by atoms with van der Waals surface area (Å²) < 4.78 is 0. The van der Waals surface area contributed by atoms with E-state index in [1.54, 1.807) is 36.4 Å². The smallest absolute Gasteiger partial charge is 0.257 e. The Balaban J connectivity index is 2.06. The van der Waals surface area contributed by atoms with Crippen LogP contribution < -0.4 is 10.6 Å². The molecule has 0 aliphatic heterocycles. The van der Waals surface area contributed by atoms with E-state index < -0.39 is 0 Å². The predicted octanol–water partition coefficient (Wildman–Crippen LogP) is 5.37. The molecule has 2 amide bonds. The van der Waals surface area contributed by atoms with Crippen LogP contribution in [0.15, 0.2) is 42.5 Å². The van der Waals surface area contributed by atoms with Gasteiger partial charge in [-0.15, -0.1) is 0 Å². The van der Waals surface area contributed by atoms with E-state index in [-0.39, 0.29) is 16.8 Å². The molecule has 2 N–H and O–H groups in total. The number of halogens is 2. The number of unbranched alkanes of at least 4 members (excludes halogenated alkanes) is 1. The van der Waals surface area contributed by atoms with Gasteiger partial charge in [-0.25, -0.2) is 0 Å². The van der Waals surface area contributed by atoms with Crippen LogP contribution in [0.3, 0.4) is 0 Å². The average Bonchev–Trinajstić information content (AvgIpc) is 2.53. The Morgan fingerprint density at radius 2 is 1.71 bits per heavy atom. The summed E-state index contributed by atoms with van der Waals surface area (Å²) >= 11 is 11.9. The maximum Gasteiger partial charge on any atom is 0.257 e. The maximum absolute atomic E-state index is 12.3. The van der Waals surface area contributed by atoms with Gasteiger partial charge in [0.2, 0.25) is 5.91 Å². The molecule has 0 aliphatic carbocycles. The largest absolute Gasteiger partial charge is 0.326 e. The van der Waals surface area contributed by atoms with E-state index in [2.05, 4.69) is 10.6 Å². The van der Waals surface area contributed by atoms with Gasteiger partial charge in [-0.05, 0) is 42.8 Å². The van der Waals surface area contributed by atoms with Crippen molar-refractivity contribution < 1.29 is 9.59 Å². The Labute approximate surface area is 151 Å². The van der Waals surface area contributed by atoms with Crippen molar-refractivity contribution in [2.75, 3.05) is 10.6 Å². The van der Waals surface area contributed by atoms with Crippen molar-refractivity contribution in [2.45, 2.75) is 26.2 Å². The Hall–Kier alpha value is -2.04. The molecule has 0 saturated heterocycles. The van der Waals surface area contributed by atoms with E-state index in [0.29, 0.717) is 28.4 Å². The molecular formula is C18H18Cl2N2O2. The summed E-state index contributed by atoms with van der Waals surface area (Å²) in [5.74, 6) is -0.382. The second-order valence-electron chi connectivity index (χ2n) is 5.31. The molecule has 4 nitrogen and oxygen atoms in total. The van der Waals surface area contributed by atoms with Gasteiger partial charge in [0.1, 0.15) is 0 Å². The number of anilines is 2. The molecule has 24 heavy (non-hydrogen) atoms. The van der Waals surface area contributed by atoms with Gasteiger partial charge in [0.25, 0.3) is 5.91 Å². The van der Waals surface area contributed by atoms with Crippen LogP contribution in [0.5, 0.6) is 0 Å². The fraction of sp³-hybridized carbons (Fsp3) is 0.222. The van der Waals surface area contributed by atoms with Crippen LogP contribution in [0, 0.1) is 0 Å². The summed E-state index contributed by atoms with van der Waals surface area (Å²) in [7, 11) is 0. The second-order valence-corrected chi connectivity index (χ2v) is 6.15. The number of nitrogens with one attached hydrogen (secondary N) is 2. The van der Waals surface area contributed by atoms with Gasteiger partial charge in [-0.2, -0.15) is 0 Å². The second kappa shape index (κ2) is 8.71. The molecule has 0 radical (unpaired) electrons. The lowest BCUT2D eigenvalue weighted by Gasteiger charge is -2.10. The monoisotopic (exact) mass is 364 g/mol. The summed E-state index contributed by atoms with van der Waals surface area (Å²) in [6.45, 7) is 2.03. The van der Waals surface area contributed by atoms with Crippen molar-refractivity contribution in [2.24, 2.45) is 0 Å². The normalized spacial score (nSPS) is 10.3. The fourth-order valence-electron chi connectivity index (χ4n) is 2.11. The number of carbonyl (C=O) groups excluding carboxylic acids is 2. The lowest BCUT2D eigenvalue weighted by atomic mass is 10.2. The third-order valence-corrected chi connectivity index (χ3v) is 3.89. The van der Waals surface area contributed by atoms with E-state index >= 15 is 0 Å². The summed E-state index contributed by atoms with van der Waals surface area (Å²) in [4.78, 5) is 24.1. The van der Waals surface area contributed by atoms with Gasteiger partial charge in [0, 0.05) is 22.8 Å². The van der Waals surface area contributed by atoms with Crippen molar-refractivity contribution in [3.05, 3.63) is 58.1 Å². The Morgan fingerprint density at radius 1 is 1.00 bits per heavy atom. The third-order valence-electron chi connectivity index (χ3n) is 3.34. The van der Waals surface area contributed by atoms with E-state index in [0.717, 1.165) is 12.8 Å². The van der Waals surface area contributed by atoms with Gasteiger partial charge >= 0.3 is 0 Å². The van der Waals surface area contributed by atoms with E-state index in [1.165, 1.54) is 6.07 Å². The molecule has 0 spiro atoms. The molecule has 0 atom stereocenters. The Morgan fingerprint density at radius 3 is 2.38 bits per heavy atom. The van der Waals surface area contributed by atoms with Crippen LogP contribution in [0.1, 0.15) is 36.5 Å². The summed E-state index contributed by atoms with van der Waals surface area (Å²) in [5, 5.41) is 6.32. The SMILES string of the molecule is CCCCC(=O)Nc1cccc(NC(=O)c2ccc(Cl)cc2Cl)c1. The van der Waals surface area contributed by atoms with Crippen LogP contribution >= 0.6 is 23.2 Å². The van der Waals surface area contributed by atoms with Gasteiger partial charge in [-0.1, -0.05) is 42.6 Å². The molecule has 2 aromatic carbocycles. The van der Waals surface area contributed by atoms with Crippen molar-refractivity contribution in [1.29, 1.82) is 0 Å². The van der Waals surface area contributed by atoms with Crippen molar-refractivity contribution in [3.8, 4) is 0 Å². The first-order chi connectivity index (χ1) is 11.5. The van der Waals surface area contributed by atoms with Gasteiger partial charge in [0.05, 0.1) is 10.6 Å². The first-order valence-corrected chi connectivity index (χ1v) is 8.41. The van der Waals surface area contributed by atoms with Gasteiger partial charge in [0.15, 0.2) is 0 Å². The standard InChI is InChI=1S/C18H18Cl2N2O2/c1-2-3-7-17(23)21-13-5-4-6-14(11-13)22-18(24)15-9-8-12(19)10-16(15)20/h4-6,8-11H,2-3,7H2,1H3,(H,21,23)(H,22,24). The molecule has 0 heterocycles. The highest BCUT2D eigenvalue weighted by Gasteiger charge is 2.11. The molecule has 0 unspecified atom stereocenters. The highest BCUT2D eigenvalue weighted by Crippen LogP contribution is 2.23. The molecule has 0 aliphatic rings. The summed E-state index contributed by atoms with van der Waals surface area (Å²) in [6, 6.07) is 11.7. The lowest BCUT2D eigenvalue weighted by Crippen LogP contribution is -2.14. The predicted molar refractivity (Wildman–Crippen MR) is 99.0 cm³/mol. The molecule has 0 saturated carbocycles. The highest BCUT2D eigenvalue weighted by molar-refractivity contribution is 6.37. The Kier molecular flexibility index (Phi) is 6.64. The number of benzene rings is 2. The number of rotatable bonds is 6. The molecule has 0 bridgehead atoms. The van der Waals surface area contributed by atoms with Crippen LogP contribution in [0.4, 0.5) is 11.4 Å². The van der Waals surface area contributed by atoms with Crippen LogP contribution in [0.25, 0.3) is 0 Å². The number of hydrogen-bond acceptors (Lipinski definition) is 2. The first kappa shape index (κ1) is 18.3. The van der Waals surface area contributed by atoms with E-state index in [9.17, 15) is 9.59 Å². The molecule has 126 valence electrons. The molecular weight excluding hydrogens is 347 g/mol. The number of hydrogen-bond donors (Lipinski definition) is 2. The van der Waals surface area contributed by atoms with Crippen LogP contribution in [-0.4, -0.2) is 11.8 Å². The minimum Gasteiger partial charge on any atom is -0.326 e. The lowest BCUT2D eigenvalue weighted by molar-refractivity contribution is -0.116. The number of amides is 2. The zero-order valence-corrected chi connectivity index (χ0v) is 14.7. The minimum absolute atomic E-state index is 0.0407. The molecule has 6 heteroatoms. The molecule has 2 rings (SSSR count). The molecule has 0 aromatic heterocycles. The van der Waals surface area contributed by atoms with Gasteiger partial charge in [-0.3, -0.25) is 9.59 Å². The quantitative estimate of drug-likeness (QED) is 0.723. The zero-order chi connectivity index (χ0) is 17.5. The van der Waals surface area contributed by atoms with E-state index in [1.807, 2.05) is 6.92 Å². The van der Waals surface area contributed by atoms with Gasteiger partial charge < -0.3 is 10.6 Å². The number of carbonyl (C=O) groups is 2. The van der Waals surface area contributed by atoms with E-state index in [4.69, 9.17) is 23.2 Å². The summed E-state index contributed by atoms with van der Waals surface area (Å²) in [6.07, 6.45) is 2.29. The summed E-state index contributed by atoms with van der Waals surface area (Å²) in [5.41, 5.74) is 1.54. The first-order valence-electron chi connectivity index (χ1n) is 7.66. The highest BCUT2D eigenvalue weighted by atomic mass is 35.5. The van der Waals surface area contributed by atoms with Crippen molar-refractivity contribution in [3.63, 3.8) is 0 Å². The fourth-order valence-corrected chi connectivity index (χ4v) is 2.60. The maximum atomic E-state index is 12.3. The van der Waals surface area contributed by atoms with Crippen molar-refractivity contribution in [1.82, 2.24) is 0 Å². The van der Waals surface area contributed by atoms with Crippen LogP contribution in [0.2, 0.25) is 10.0 Å². The molecule has 2 aromatic rings. The topological polar surface area (TPSA) is 58.2 Å². The Bertz CT molecular complexity index is 748. The zero-order valence-electron chi connectivity index (χ0n) is 13.2. The van der Waals surface area contributed by atoms with Crippen LogP contribution in [-0.2, 0) is 4.79 Å².